The third-order valence-electron chi connectivity index (χ3n) is 4.89. The second kappa shape index (κ2) is 8.56. The maximum absolute atomic E-state index is 9.40. The van der Waals surface area contributed by atoms with Crippen LogP contribution in [-0.2, 0) is 6.61 Å². The minimum Gasteiger partial charge on any atom is -0.493 e. The number of nitrogens with two attached hydrogens (primary N) is 1. The van der Waals surface area contributed by atoms with Crippen molar-refractivity contribution in [1.82, 2.24) is 24.7 Å². The normalized spacial score (nSPS) is 12.3. The Kier molecular flexibility index (Phi) is 5.69. The molecule has 0 aliphatic heterocycles. The maximum atomic E-state index is 9.40. The van der Waals surface area contributed by atoms with Crippen molar-refractivity contribution in [2.24, 2.45) is 5.73 Å². The summed E-state index contributed by atoms with van der Waals surface area (Å²) in [4.78, 5) is 13.3. The zero-order chi connectivity index (χ0) is 21.1. The SMILES string of the molecule is CCOc1cc(-c2cccc(C(N)CC)n2)cc2c1cnn2-c1cncc(CO)n1. The number of hydrogen-bond acceptors (Lipinski definition) is 7. The molecule has 1 unspecified atom stereocenters. The first kappa shape index (κ1) is 19.9. The number of aliphatic hydroxyl groups excluding tert-OH is 1. The van der Waals surface area contributed by atoms with Crippen molar-refractivity contribution in [3.63, 3.8) is 0 Å². The van der Waals surface area contributed by atoms with Crippen LogP contribution >= 0.6 is 0 Å². The molecule has 30 heavy (non-hydrogen) atoms. The van der Waals surface area contributed by atoms with Crippen molar-refractivity contribution in [3.05, 3.63) is 60.3 Å². The number of aromatic nitrogens is 5. The molecule has 8 heteroatoms. The highest BCUT2D eigenvalue weighted by atomic mass is 16.5. The highest BCUT2D eigenvalue weighted by Crippen LogP contribution is 2.33. The van der Waals surface area contributed by atoms with Crippen LogP contribution in [-0.4, -0.2) is 36.4 Å². The van der Waals surface area contributed by atoms with E-state index in [1.165, 1.54) is 6.20 Å². The van der Waals surface area contributed by atoms with Gasteiger partial charge in [0.05, 0.1) is 59.8 Å². The van der Waals surface area contributed by atoms with Crippen molar-refractivity contribution >= 4 is 10.9 Å². The number of pyridine rings is 1. The molecule has 154 valence electrons. The fourth-order valence-corrected chi connectivity index (χ4v) is 3.30. The number of fused-ring (bicyclic) bond motifs is 1. The summed E-state index contributed by atoms with van der Waals surface area (Å²) in [6, 6.07) is 9.72. The highest BCUT2D eigenvalue weighted by Gasteiger charge is 2.15. The molecule has 0 radical (unpaired) electrons. The Morgan fingerprint density at radius 1 is 1.13 bits per heavy atom. The van der Waals surface area contributed by atoms with E-state index < -0.39 is 0 Å². The van der Waals surface area contributed by atoms with E-state index >= 15 is 0 Å². The Bertz CT molecular complexity index is 1170. The van der Waals surface area contributed by atoms with Gasteiger partial charge in [-0.05, 0) is 37.6 Å². The summed E-state index contributed by atoms with van der Waals surface area (Å²) in [5.74, 6) is 1.24. The minimum atomic E-state index is -0.191. The lowest BCUT2D eigenvalue weighted by Crippen LogP contribution is -2.10. The van der Waals surface area contributed by atoms with Gasteiger partial charge in [0.25, 0.3) is 0 Å². The molecule has 0 saturated carbocycles. The van der Waals surface area contributed by atoms with Gasteiger partial charge in [-0.15, -0.1) is 0 Å². The van der Waals surface area contributed by atoms with Crippen LogP contribution in [0.2, 0.25) is 0 Å². The molecular formula is C22H24N6O2. The lowest BCUT2D eigenvalue weighted by Gasteiger charge is -2.12. The largest absolute Gasteiger partial charge is 0.493 e. The summed E-state index contributed by atoms with van der Waals surface area (Å²) in [5, 5.41) is 14.7. The zero-order valence-corrected chi connectivity index (χ0v) is 17.0. The second-order valence-corrected chi connectivity index (χ2v) is 6.89. The number of aliphatic hydroxyl groups is 1. The zero-order valence-electron chi connectivity index (χ0n) is 17.0. The predicted molar refractivity (Wildman–Crippen MR) is 114 cm³/mol. The van der Waals surface area contributed by atoms with Gasteiger partial charge < -0.3 is 15.6 Å². The van der Waals surface area contributed by atoms with Crippen molar-refractivity contribution in [1.29, 1.82) is 0 Å². The molecule has 0 aliphatic carbocycles. The molecule has 0 spiro atoms. The van der Waals surface area contributed by atoms with E-state index in [-0.39, 0.29) is 12.6 Å². The molecule has 4 aromatic rings. The average Bonchev–Trinajstić information content (AvgIpc) is 3.23. The lowest BCUT2D eigenvalue weighted by molar-refractivity contribution is 0.276. The third kappa shape index (κ3) is 3.74. The van der Waals surface area contributed by atoms with Crippen molar-refractivity contribution in [2.45, 2.75) is 32.9 Å². The molecular weight excluding hydrogens is 380 g/mol. The Balaban J connectivity index is 1.89. The van der Waals surface area contributed by atoms with Crippen LogP contribution in [0.5, 0.6) is 5.75 Å². The molecule has 8 nitrogen and oxygen atoms in total. The van der Waals surface area contributed by atoms with E-state index in [9.17, 15) is 5.11 Å². The quantitative estimate of drug-likeness (QED) is 0.486. The Morgan fingerprint density at radius 3 is 2.77 bits per heavy atom. The van der Waals surface area contributed by atoms with Gasteiger partial charge in [-0.1, -0.05) is 13.0 Å². The Hall–Kier alpha value is -3.36. The molecule has 0 fully saturated rings. The van der Waals surface area contributed by atoms with Gasteiger partial charge in [-0.25, -0.2) is 9.67 Å². The van der Waals surface area contributed by atoms with Crippen LogP contribution in [0.3, 0.4) is 0 Å². The lowest BCUT2D eigenvalue weighted by atomic mass is 10.1. The standard InChI is InChI=1S/C22H24N6O2/c1-3-17(23)19-7-5-6-18(27-19)14-8-20-16(21(9-14)30-4-2)11-25-28(20)22-12-24-10-15(13-29)26-22/h5-12,17,29H,3-4,13,23H2,1-2H3. The number of ether oxygens (including phenoxy) is 1. The number of benzene rings is 1. The van der Waals surface area contributed by atoms with Gasteiger partial charge in [0.2, 0.25) is 0 Å². The summed E-state index contributed by atoms with van der Waals surface area (Å²) in [7, 11) is 0. The Labute approximate surface area is 174 Å². The van der Waals surface area contributed by atoms with Crippen molar-refractivity contribution in [3.8, 4) is 22.8 Å². The van der Waals surface area contributed by atoms with E-state index in [1.54, 1.807) is 17.1 Å². The fraction of sp³-hybridized carbons (Fsp3) is 0.273. The van der Waals surface area contributed by atoms with Crippen LogP contribution in [0.4, 0.5) is 0 Å². The molecule has 1 atom stereocenters. The number of nitrogens with zero attached hydrogens (tertiary/aromatic N) is 5. The van der Waals surface area contributed by atoms with Gasteiger partial charge in [0.1, 0.15) is 5.75 Å². The summed E-state index contributed by atoms with van der Waals surface area (Å²) >= 11 is 0. The van der Waals surface area contributed by atoms with Gasteiger partial charge in [0.15, 0.2) is 5.82 Å². The van der Waals surface area contributed by atoms with E-state index in [1.807, 2.05) is 44.2 Å². The van der Waals surface area contributed by atoms with E-state index in [0.717, 1.165) is 40.0 Å². The maximum Gasteiger partial charge on any atom is 0.172 e. The number of rotatable bonds is 7. The second-order valence-electron chi connectivity index (χ2n) is 6.89. The molecule has 3 heterocycles. The summed E-state index contributed by atoms with van der Waals surface area (Å²) in [6.45, 7) is 4.32. The molecule has 3 N–H and O–H groups in total. The Morgan fingerprint density at radius 2 is 2.00 bits per heavy atom. The summed E-state index contributed by atoms with van der Waals surface area (Å²) < 4.78 is 7.58. The minimum absolute atomic E-state index is 0.109. The van der Waals surface area contributed by atoms with Crippen LogP contribution in [0, 0.1) is 0 Å². The van der Waals surface area contributed by atoms with Crippen LogP contribution in [0.1, 0.15) is 37.7 Å². The van der Waals surface area contributed by atoms with E-state index in [4.69, 9.17) is 15.5 Å². The van der Waals surface area contributed by atoms with Gasteiger partial charge in [0, 0.05) is 11.6 Å². The molecule has 0 aliphatic rings. The molecule has 0 bridgehead atoms. The van der Waals surface area contributed by atoms with E-state index in [0.29, 0.717) is 18.1 Å². The highest BCUT2D eigenvalue weighted by molar-refractivity contribution is 5.90. The van der Waals surface area contributed by atoms with Gasteiger partial charge in [-0.2, -0.15) is 5.10 Å². The summed E-state index contributed by atoms with van der Waals surface area (Å²) in [5.41, 5.74) is 10.0. The van der Waals surface area contributed by atoms with Gasteiger partial charge in [-0.3, -0.25) is 9.97 Å². The molecule has 0 amide bonds. The first-order chi connectivity index (χ1) is 14.6. The average molecular weight is 404 g/mol. The number of hydrogen-bond donors (Lipinski definition) is 2. The molecule has 0 saturated heterocycles. The van der Waals surface area contributed by atoms with Crippen molar-refractivity contribution < 1.29 is 9.84 Å². The fourth-order valence-electron chi connectivity index (χ4n) is 3.30. The molecule has 3 aromatic heterocycles. The summed E-state index contributed by atoms with van der Waals surface area (Å²) in [6.07, 6.45) is 5.69. The van der Waals surface area contributed by atoms with Crippen LogP contribution in [0.25, 0.3) is 28.0 Å². The molecule has 4 rings (SSSR count). The molecule has 1 aromatic carbocycles. The monoisotopic (exact) mass is 404 g/mol. The topological polar surface area (TPSA) is 112 Å². The predicted octanol–water partition coefficient (Wildman–Crippen LogP) is 3.18. The third-order valence-corrected chi connectivity index (χ3v) is 4.89. The smallest absolute Gasteiger partial charge is 0.172 e. The van der Waals surface area contributed by atoms with Crippen LogP contribution in [0.15, 0.2) is 48.9 Å². The first-order valence-corrected chi connectivity index (χ1v) is 9.94. The van der Waals surface area contributed by atoms with Crippen LogP contribution < -0.4 is 10.5 Å². The van der Waals surface area contributed by atoms with Crippen molar-refractivity contribution in [2.75, 3.05) is 6.61 Å². The van der Waals surface area contributed by atoms with Gasteiger partial charge >= 0.3 is 0 Å². The first-order valence-electron chi connectivity index (χ1n) is 9.94. The van der Waals surface area contributed by atoms with E-state index in [2.05, 4.69) is 15.1 Å².